The number of nitrogens with one attached hydrogen (secondary N) is 1. The SMILES string of the molecule is CCCNCC1(CN(CCCO)C(C)C)CCCC(C)C1. The molecule has 0 saturated heterocycles. The second-order valence-corrected chi connectivity index (χ2v) is 7.52. The molecule has 2 N–H and O–H groups in total. The molecule has 3 heteroatoms. The molecule has 0 aromatic heterocycles. The Morgan fingerprint density at radius 1 is 1.38 bits per heavy atom. The lowest BCUT2D eigenvalue weighted by atomic mass is 9.69. The van der Waals surface area contributed by atoms with Crippen LogP contribution >= 0.6 is 0 Å². The smallest absolute Gasteiger partial charge is 0.0443 e. The molecule has 1 aliphatic carbocycles. The molecule has 0 radical (unpaired) electrons. The minimum Gasteiger partial charge on any atom is -0.396 e. The Morgan fingerprint density at radius 3 is 2.71 bits per heavy atom. The second kappa shape index (κ2) is 9.81. The number of nitrogens with zero attached hydrogens (tertiary/aromatic N) is 1. The van der Waals surface area contributed by atoms with Crippen LogP contribution in [0, 0.1) is 11.3 Å². The number of rotatable bonds is 10. The van der Waals surface area contributed by atoms with Crippen LogP contribution in [0.5, 0.6) is 0 Å². The summed E-state index contributed by atoms with van der Waals surface area (Å²) in [5.74, 6) is 0.856. The van der Waals surface area contributed by atoms with Gasteiger partial charge in [-0.2, -0.15) is 0 Å². The Bertz CT molecular complexity index is 270. The Balaban J connectivity index is 2.69. The Labute approximate surface area is 132 Å². The van der Waals surface area contributed by atoms with E-state index >= 15 is 0 Å². The highest BCUT2D eigenvalue weighted by Gasteiger charge is 2.36. The van der Waals surface area contributed by atoms with E-state index < -0.39 is 0 Å². The third-order valence-corrected chi connectivity index (χ3v) is 4.98. The third-order valence-electron chi connectivity index (χ3n) is 4.98. The lowest BCUT2D eigenvalue weighted by Gasteiger charge is -2.45. The van der Waals surface area contributed by atoms with Gasteiger partial charge in [0.25, 0.3) is 0 Å². The fourth-order valence-electron chi connectivity index (χ4n) is 3.88. The van der Waals surface area contributed by atoms with Crippen LogP contribution < -0.4 is 5.32 Å². The number of hydrogen-bond acceptors (Lipinski definition) is 3. The zero-order chi connectivity index (χ0) is 15.7. The molecular weight excluding hydrogens is 260 g/mol. The van der Waals surface area contributed by atoms with Gasteiger partial charge in [-0.05, 0) is 57.4 Å². The van der Waals surface area contributed by atoms with Crippen molar-refractivity contribution in [3.63, 3.8) is 0 Å². The fourth-order valence-corrected chi connectivity index (χ4v) is 3.88. The van der Waals surface area contributed by atoms with Crippen LogP contribution in [0.15, 0.2) is 0 Å². The number of aliphatic hydroxyl groups is 1. The van der Waals surface area contributed by atoms with E-state index in [1.54, 1.807) is 0 Å². The van der Waals surface area contributed by atoms with Crippen molar-refractivity contribution in [1.29, 1.82) is 0 Å². The van der Waals surface area contributed by atoms with Gasteiger partial charge in [-0.3, -0.25) is 0 Å². The normalized spacial score (nSPS) is 26.7. The molecule has 1 saturated carbocycles. The average molecular weight is 299 g/mol. The third kappa shape index (κ3) is 6.66. The minimum absolute atomic E-state index is 0.306. The van der Waals surface area contributed by atoms with Gasteiger partial charge in [-0.25, -0.2) is 0 Å². The maximum atomic E-state index is 9.14. The molecular formula is C18H38N2O. The van der Waals surface area contributed by atoms with E-state index in [2.05, 4.69) is 37.9 Å². The summed E-state index contributed by atoms with van der Waals surface area (Å²) in [4.78, 5) is 2.59. The molecule has 2 atom stereocenters. The molecule has 0 bridgehead atoms. The van der Waals surface area contributed by atoms with Crippen LogP contribution in [0.3, 0.4) is 0 Å². The monoisotopic (exact) mass is 298 g/mol. The van der Waals surface area contributed by atoms with E-state index in [0.717, 1.165) is 32.0 Å². The van der Waals surface area contributed by atoms with Crippen LogP contribution in [0.2, 0.25) is 0 Å². The molecule has 0 aromatic carbocycles. The van der Waals surface area contributed by atoms with Crippen LogP contribution in [0.4, 0.5) is 0 Å². The van der Waals surface area contributed by atoms with Crippen LogP contribution in [0.25, 0.3) is 0 Å². The molecule has 21 heavy (non-hydrogen) atoms. The van der Waals surface area contributed by atoms with Crippen LogP contribution in [-0.2, 0) is 0 Å². The molecule has 0 aliphatic heterocycles. The van der Waals surface area contributed by atoms with Gasteiger partial charge >= 0.3 is 0 Å². The van der Waals surface area contributed by atoms with Crippen LogP contribution in [0.1, 0.15) is 66.2 Å². The molecule has 2 unspecified atom stereocenters. The lowest BCUT2D eigenvalue weighted by Crippen LogP contribution is -2.49. The topological polar surface area (TPSA) is 35.5 Å². The lowest BCUT2D eigenvalue weighted by molar-refractivity contribution is 0.0613. The molecule has 1 rings (SSSR count). The van der Waals surface area contributed by atoms with Gasteiger partial charge < -0.3 is 15.3 Å². The summed E-state index contributed by atoms with van der Waals surface area (Å²) in [5.41, 5.74) is 0.437. The standard InChI is InChI=1S/C18H38N2O/c1-5-10-19-14-18(9-6-8-17(4)13-18)15-20(16(2)3)11-7-12-21/h16-17,19,21H,5-15H2,1-4H3. The van der Waals surface area contributed by atoms with E-state index in [1.807, 2.05) is 0 Å². The first-order valence-corrected chi connectivity index (χ1v) is 9.08. The average Bonchev–Trinajstić information content (AvgIpc) is 2.43. The first-order chi connectivity index (χ1) is 10.0. The van der Waals surface area contributed by atoms with Crippen molar-refractivity contribution in [2.75, 3.05) is 32.8 Å². The summed E-state index contributed by atoms with van der Waals surface area (Å²) in [6.45, 7) is 14.0. The van der Waals surface area contributed by atoms with Crippen molar-refractivity contribution in [2.24, 2.45) is 11.3 Å². The van der Waals surface area contributed by atoms with Gasteiger partial charge in [0.2, 0.25) is 0 Å². The second-order valence-electron chi connectivity index (χ2n) is 7.52. The quantitative estimate of drug-likeness (QED) is 0.608. The summed E-state index contributed by atoms with van der Waals surface area (Å²) in [5, 5.41) is 12.8. The van der Waals surface area contributed by atoms with Gasteiger partial charge in [0, 0.05) is 32.3 Å². The van der Waals surface area contributed by atoms with Crippen molar-refractivity contribution in [3.05, 3.63) is 0 Å². The van der Waals surface area contributed by atoms with Crippen molar-refractivity contribution >= 4 is 0 Å². The van der Waals surface area contributed by atoms with Gasteiger partial charge in [0.05, 0.1) is 0 Å². The molecule has 3 nitrogen and oxygen atoms in total. The molecule has 1 fully saturated rings. The molecule has 0 aromatic rings. The maximum absolute atomic E-state index is 9.14. The predicted octanol–water partition coefficient (Wildman–Crippen LogP) is 3.28. The Hall–Kier alpha value is -0.120. The highest BCUT2D eigenvalue weighted by molar-refractivity contribution is 4.90. The zero-order valence-corrected chi connectivity index (χ0v) is 14.8. The minimum atomic E-state index is 0.306. The van der Waals surface area contributed by atoms with Gasteiger partial charge in [-0.1, -0.05) is 26.7 Å². The number of aliphatic hydroxyl groups excluding tert-OH is 1. The Kier molecular flexibility index (Phi) is 8.84. The van der Waals surface area contributed by atoms with Crippen LogP contribution in [-0.4, -0.2) is 48.8 Å². The molecule has 0 amide bonds. The highest BCUT2D eigenvalue weighted by atomic mass is 16.3. The van der Waals surface area contributed by atoms with Gasteiger partial charge in [0.15, 0.2) is 0 Å². The van der Waals surface area contributed by atoms with Crippen molar-refractivity contribution in [2.45, 2.75) is 72.3 Å². The summed E-state index contributed by atoms with van der Waals surface area (Å²) in [7, 11) is 0. The van der Waals surface area contributed by atoms with Crippen molar-refractivity contribution in [1.82, 2.24) is 10.2 Å². The molecule has 0 spiro atoms. The van der Waals surface area contributed by atoms with Crippen molar-refractivity contribution < 1.29 is 5.11 Å². The zero-order valence-electron chi connectivity index (χ0n) is 14.8. The summed E-state index contributed by atoms with van der Waals surface area (Å²) in [6, 6.07) is 0.567. The summed E-state index contributed by atoms with van der Waals surface area (Å²) >= 11 is 0. The van der Waals surface area contributed by atoms with Gasteiger partial charge in [0.1, 0.15) is 0 Å². The number of hydrogen-bond donors (Lipinski definition) is 2. The first-order valence-electron chi connectivity index (χ1n) is 9.08. The van der Waals surface area contributed by atoms with Crippen molar-refractivity contribution in [3.8, 4) is 0 Å². The highest BCUT2D eigenvalue weighted by Crippen LogP contribution is 2.40. The molecule has 126 valence electrons. The van der Waals surface area contributed by atoms with Gasteiger partial charge in [-0.15, -0.1) is 0 Å². The largest absolute Gasteiger partial charge is 0.396 e. The Morgan fingerprint density at radius 2 is 2.14 bits per heavy atom. The van der Waals surface area contributed by atoms with E-state index in [4.69, 9.17) is 5.11 Å². The van der Waals surface area contributed by atoms with E-state index in [0.29, 0.717) is 18.1 Å². The summed E-state index contributed by atoms with van der Waals surface area (Å²) in [6.07, 6.45) is 7.59. The maximum Gasteiger partial charge on any atom is 0.0443 e. The van der Waals surface area contributed by atoms with E-state index in [-0.39, 0.29) is 0 Å². The first kappa shape index (κ1) is 18.9. The molecule has 0 heterocycles. The van der Waals surface area contributed by atoms with E-state index in [9.17, 15) is 0 Å². The predicted molar refractivity (Wildman–Crippen MR) is 91.6 cm³/mol. The summed E-state index contributed by atoms with van der Waals surface area (Å²) < 4.78 is 0. The van der Waals surface area contributed by atoms with E-state index in [1.165, 1.54) is 38.6 Å². The molecule has 1 aliphatic rings. The fraction of sp³-hybridized carbons (Fsp3) is 1.00.